The number of carbonyl (C=O) groups is 4. The molecular formula is C30H47NO10. The van der Waals surface area contributed by atoms with Crippen LogP contribution in [0.3, 0.4) is 0 Å². The van der Waals surface area contributed by atoms with Crippen molar-refractivity contribution in [3.05, 3.63) is 23.8 Å². The van der Waals surface area contributed by atoms with Crippen molar-refractivity contribution in [2.75, 3.05) is 13.2 Å². The fraction of sp³-hybridized carbons (Fsp3) is 0.667. The van der Waals surface area contributed by atoms with Gasteiger partial charge in [-0.3, -0.25) is 9.59 Å². The standard InChI is InChI=1S/C30H47NO10/c1-18(2)11-13-36-29(34)40-25-10-9-23(17-26(25)41-30(35)37-14-12-19(3)4)16-24(31)28(33)39-22(8)21(7)38-27(32)15-20(5)6/h9-10,17-22,24H,11-16,31H2,1-8H3/t21?,22-,24-/m0/s1. The molecule has 1 unspecified atom stereocenters. The largest absolute Gasteiger partial charge is 0.513 e. The summed E-state index contributed by atoms with van der Waals surface area (Å²) in [5.41, 5.74) is 6.59. The lowest BCUT2D eigenvalue weighted by molar-refractivity contribution is -0.166. The average molecular weight is 582 g/mol. The van der Waals surface area contributed by atoms with Crippen molar-refractivity contribution >= 4 is 24.2 Å². The lowest BCUT2D eigenvalue weighted by atomic mass is 10.1. The number of esters is 2. The highest BCUT2D eigenvalue weighted by Crippen LogP contribution is 2.30. The number of rotatable bonds is 16. The number of hydrogen-bond acceptors (Lipinski definition) is 11. The normalized spacial score (nSPS) is 13.4. The van der Waals surface area contributed by atoms with E-state index in [1.165, 1.54) is 12.1 Å². The van der Waals surface area contributed by atoms with Crippen LogP contribution in [0.4, 0.5) is 9.59 Å². The van der Waals surface area contributed by atoms with Gasteiger partial charge in [-0.15, -0.1) is 0 Å². The van der Waals surface area contributed by atoms with Crippen LogP contribution in [-0.4, -0.2) is 55.7 Å². The molecule has 1 aromatic carbocycles. The van der Waals surface area contributed by atoms with Crippen LogP contribution in [0.5, 0.6) is 11.5 Å². The number of carbonyl (C=O) groups excluding carboxylic acids is 4. The number of nitrogens with two attached hydrogens (primary N) is 1. The van der Waals surface area contributed by atoms with Gasteiger partial charge in [0.05, 0.1) is 13.2 Å². The van der Waals surface area contributed by atoms with Crippen LogP contribution in [0.2, 0.25) is 0 Å². The van der Waals surface area contributed by atoms with Gasteiger partial charge in [-0.25, -0.2) is 9.59 Å². The summed E-state index contributed by atoms with van der Waals surface area (Å²) in [7, 11) is 0. The molecule has 3 atom stereocenters. The molecule has 0 amide bonds. The van der Waals surface area contributed by atoms with Gasteiger partial charge >= 0.3 is 24.2 Å². The van der Waals surface area contributed by atoms with E-state index in [0.29, 0.717) is 30.2 Å². The van der Waals surface area contributed by atoms with E-state index in [1.807, 2.05) is 41.5 Å². The van der Waals surface area contributed by atoms with Gasteiger partial charge in [-0.2, -0.15) is 0 Å². The summed E-state index contributed by atoms with van der Waals surface area (Å²) in [5.74, 6) is -0.435. The Bertz CT molecular complexity index is 991. The van der Waals surface area contributed by atoms with Crippen LogP contribution in [0, 0.1) is 17.8 Å². The van der Waals surface area contributed by atoms with Gasteiger partial charge < -0.3 is 34.2 Å². The summed E-state index contributed by atoms with van der Waals surface area (Å²) in [6.45, 7) is 15.4. The fourth-order valence-corrected chi connectivity index (χ4v) is 3.23. The first-order chi connectivity index (χ1) is 19.2. The predicted molar refractivity (Wildman–Crippen MR) is 152 cm³/mol. The summed E-state index contributed by atoms with van der Waals surface area (Å²) in [4.78, 5) is 49.0. The molecule has 1 aromatic rings. The molecule has 0 radical (unpaired) electrons. The monoisotopic (exact) mass is 581 g/mol. The van der Waals surface area contributed by atoms with Crippen LogP contribution in [-0.2, 0) is 35.0 Å². The Labute approximate surface area is 243 Å². The summed E-state index contributed by atoms with van der Waals surface area (Å²) in [5, 5.41) is 0. The van der Waals surface area contributed by atoms with Gasteiger partial charge in [-0.05, 0) is 68.6 Å². The average Bonchev–Trinajstić information content (AvgIpc) is 2.84. The van der Waals surface area contributed by atoms with Crippen LogP contribution < -0.4 is 15.2 Å². The molecule has 0 fully saturated rings. The molecule has 0 saturated heterocycles. The van der Waals surface area contributed by atoms with Gasteiger partial charge in [0.25, 0.3) is 0 Å². The molecule has 232 valence electrons. The maximum atomic E-state index is 12.6. The number of benzene rings is 1. The first-order valence-corrected chi connectivity index (χ1v) is 14.2. The molecule has 11 nitrogen and oxygen atoms in total. The molecule has 41 heavy (non-hydrogen) atoms. The highest BCUT2D eigenvalue weighted by atomic mass is 16.7. The third-order valence-corrected chi connectivity index (χ3v) is 5.84. The molecule has 0 aromatic heterocycles. The predicted octanol–water partition coefficient (Wildman–Crippen LogP) is 5.59. The van der Waals surface area contributed by atoms with E-state index in [4.69, 9.17) is 34.2 Å². The minimum Gasteiger partial charge on any atom is -0.459 e. The van der Waals surface area contributed by atoms with Crippen molar-refractivity contribution in [1.29, 1.82) is 0 Å². The van der Waals surface area contributed by atoms with Gasteiger partial charge in [0.2, 0.25) is 0 Å². The van der Waals surface area contributed by atoms with Crippen LogP contribution in [0.15, 0.2) is 18.2 Å². The second-order valence-electron chi connectivity index (χ2n) is 11.3. The van der Waals surface area contributed by atoms with E-state index >= 15 is 0 Å². The number of ether oxygens (including phenoxy) is 6. The molecular weight excluding hydrogens is 534 g/mol. The van der Waals surface area contributed by atoms with Crippen LogP contribution >= 0.6 is 0 Å². The minimum absolute atomic E-state index is 0.0188. The second kappa shape index (κ2) is 18.2. The van der Waals surface area contributed by atoms with Crippen molar-refractivity contribution in [2.45, 2.75) is 99.3 Å². The summed E-state index contributed by atoms with van der Waals surface area (Å²) >= 11 is 0. The van der Waals surface area contributed by atoms with E-state index in [-0.39, 0.29) is 49.4 Å². The van der Waals surface area contributed by atoms with Gasteiger partial charge in [-0.1, -0.05) is 47.6 Å². The van der Waals surface area contributed by atoms with Gasteiger partial charge in [0, 0.05) is 6.42 Å². The minimum atomic E-state index is -1.07. The molecule has 0 heterocycles. The Morgan fingerprint density at radius 3 is 1.73 bits per heavy atom. The maximum absolute atomic E-state index is 12.6. The molecule has 0 spiro atoms. The molecule has 2 N–H and O–H groups in total. The zero-order valence-electron chi connectivity index (χ0n) is 25.6. The first kappa shape index (κ1) is 35.7. The Morgan fingerprint density at radius 2 is 1.22 bits per heavy atom. The first-order valence-electron chi connectivity index (χ1n) is 14.2. The highest BCUT2D eigenvalue weighted by Gasteiger charge is 2.25. The molecule has 0 aliphatic carbocycles. The van der Waals surface area contributed by atoms with Crippen molar-refractivity contribution in [2.24, 2.45) is 23.5 Å². The molecule has 0 bridgehead atoms. The molecule has 0 aliphatic heterocycles. The third kappa shape index (κ3) is 15.3. The summed E-state index contributed by atoms with van der Waals surface area (Å²) in [6.07, 6.45) is -1.72. The zero-order chi connectivity index (χ0) is 31.1. The lowest BCUT2D eigenvalue weighted by Gasteiger charge is -2.23. The van der Waals surface area contributed by atoms with E-state index in [2.05, 4.69) is 0 Å². The molecule has 0 aliphatic rings. The smallest absolute Gasteiger partial charge is 0.459 e. The van der Waals surface area contributed by atoms with Crippen molar-refractivity contribution in [3.63, 3.8) is 0 Å². The number of hydrogen-bond donors (Lipinski definition) is 1. The second-order valence-corrected chi connectivity index (χ2v) is 11.3. The van der Waals surface area contributed by atoms with E-state index in [1.54, 1.807) is 19.9 Å². The van der Waals surface area contributed by atoms with Crippen LogP contribution in [0.25, 0.3) is 0 Å². The Morgan fingerprint density at radius 1 is 0.707 bits per heavy atom. The third-order valence-electron chi connectivity index (χ3n) is 5.84. The van der Waals surface area contributed by atoms with E-state index in [0.717, 1.165) is 0 Å². The SMILES string of the molecule is CC(C)CCOC(=O)Oc1ccc(C[C@H](N)C(=O)O[C@@H](C)C(C)OC(=O)CC(C)C)cc1OC(=O)OCCC(C)C. The Kier molecular flexibility index (Phi) is 15.8. The van der Waals surface area contributed by atoms with Crippen molar-refractivity contribution < 1.29 is 47.6 Å². The van der Waals surface area contributed by atoms with Crippen molar-refractivity contribution in [1.82, 2.24) is 0 Å². The van der Waals surface area contributed by atoms with Crippen molar-refractivity contribution in [3.8, 4) is 11.5 Å². The Hall–Kier alpha value is -3.34. The van der Waals surface area contributed by atoms with E-state index < -0.39 is 36.5 Å². The molecule has 1 rings (SSSR count). The van der Waals surface area contributed by atoms with Gasteiger partial charge in [0.1, 0.15) is 18.2 Å². The zero-order valence-corrected chi connectivity index (χ0v) is 25.6. The fourth-order valence-electron chi connectivity index (χ4n) is 3.23. The maximum Gasteiger partial charge on any atom is 0.513 e. The topological polar surface area (TPSA) is 150 Å². The Balaban J connectivity index is 2.91. The molecule has 11 heteroatoms. The molecule has 0 saturated carbocycles. The summed E-state index contributed by atoms with van der Waals surface area (Å²) in [6, 6.07) is 3.33. The quantitative estimate of drug-likeness (QED) is 0.148. The van der Waals surface area contributed by atoms with Gasteiger partial charge in [0.15, 0.2) is 11.5 Å². The lowest BCUT2D eigenvalue weighted by Crippen LogP contribution is -2.39. The summed E-state index contributed by atoms with van der Waals surface area (Å²) < 4.78 is 31.5. The van der Waals surface area contributed by atoms with E-state index in [9.17, 15) is 19.2 Å². The van der Waals surface area contributed by atoms with Crippen LogP contribution in [0.1, 0.15) is 80.2 Å². The highest BCUT2D eigenvalue weighted by molar-refractivity contribution is 5.76.